The van der Waals surface area contributed by atoms with Crippen LogP contribution in [0, 0.1) is 0 Å². The molecule has 0 radical (unpaired) electrons. The third-order valence-electron chi connectivity index (χ3n) is 3.54. The highest BCUT2D eigenvalue weighted by Crippen LogP contribution is 2.26. The molecular weight excluding hydrogens is 274 g/mol. The summed E-state index contributed by atoms with van der Waals surface area (Å²) in [5.41, 5.74) is 1.98. The van der Waals surface area contributed by atoms with Gasteiger partial charge in [0.2, 0.25) is 0 Å². The molecule has 0 bridgehead atoms. The Morgan fingerprint density at radius 2 is 1.86 bits per heavy atom. The number of aromatic hydroxyl groups is 1. The van der Waals surface area contributed by atoms with Crippen LogP contribution in [0.3, 0.4) is 0 Å². The summed E-state index contributed by atoms with van der Waals surface area (Å²) in [7, 11) is 0. The number of benzene rings is 3. The lowest BCUT2D eigenvalue weighted by atomic mass is 10.0. The predicted octanol–water partition coefficient (Wildman–Crippen LogP) is 4.50. The van der Waals surface area contributed by atoms with Crippen LogP contribution in [0.4, 0.5) is 5.69 Å². The first-order valence-electron chi connectivity index (χ1n) is 7.01. The van der Waals surface area contributed by atoms with Gasteiger partial charge in [0, 0.05) is 17.3 Å². The molecule has 0 saturated heterocycles. The maximum atomic E-state index is 11.4. The van der Waals surface area contributed by atoms with Gasteiger partial charge in [-0.3, -0.25) is 9.79 Å². The number of hydrogen-bond acceptors (Lipinski definition) is 3. The van der Waals surface area contributed by atoms with Crippen LogP contribution in [-0.2, 0) is 0 Å². The molecule has 3 aromatic rings. The van der Waals surface area contributed by atoms with Crippen molar-refractivity contribution in [2.24, 2.45) is 4.99 Å². The molecule has 0 amide bonds. The fourth-order valence-corrected chi connectivity index (χ4v) is 2.36. The second-order valence-electron chi connectivity index (χ2n) is 5.08. The van der Waals surface area contributed by atoms with Crippen LogP contribution < -0.4 is 0 Å². The van der Waals surface area contributed by atoms with Crippen LogP contribution in [0.15, 0.2) is 65.7 Å². The van der Waals surface area contributed by atoms with Gasteiger partial charge in [-0.1, -0.05) is 42.5 Å². The Labute approximate surface area is 128 Å². The summed E-state index contributed by atoms with van der Waals surface area (Å²) in [6.07, 6.45) is 1.64. The number of Topliss-reactive ketones (excluding diaryl/α,β-unsaturated/α-hetero) is 1. The molecule has 0 spiro atoms. The molecule has 108 valence electrons. The standard InChI is InChI=1S/C19H15NO2/c1-13(21)15-6-4-7-16(11-15)20-12-18-17-8-3-2-5-14(17)9-10-19(18)22/h2-12,22H,1H3. The summed E-state index contributed by atoms with van der Waals surface area (Å²) in [5.74, 6) is 0.190. The van der Waals surface area contributed by atoms with E-state index in [9.17, 15) is 9.90 Å². The predicted molar refractivity (Wildman–Crippen MR) is 89.3 cm³/mol. The number of fused-ring (bicyclic) bond motifs is 1. The molecule has 3 rings (SSSR count). The molecule has 3 aromatic carbocycles. The smallest absolute Gasteiger partial charge is 0.159 e. The van der Waals surface area contributed by atoms with Crippen LogP contribution in [-0.4, -0.2) is 17.1 Å². The van der Waals surface area contributed by atoms with Crippen LogP contribution in [0.1, 0.15) is 22.8 Å². The van der Waals surface area contributed by atoms with Gasteiger partial charge in [-0.2, -0.15) is 0 Å². The van der Waals surface area contributed by atoms with Gasteiger partial charge in [0.1, 0.15) is 5.75 Å². The highest BCUT2D eigenvalue weighted by Gasteiger charge is 2.04. The first-order chi connectivity index (χ1) is 10.6. The number of carbonyl (C=O) groups excluding carboxylic acids is 1. The Balaban J connectivity index is 2.04. The monoisotopic (exact) mass is 289 g/mol. The molecule has 0 unspecified atom stereocenters. The molecule has 0 aliphatic heterocycles. The van der Waals surface area contributed by atoms with Crippen molar-refractivity contribution in [1.82, 2.24) is 0 Å². The number of hydrogen-bond donors (Lipinski definition) is 1. The maximum absolute atomic E-state index is 11.4. The SMILES string of the molecule is CC(=O)c1cccc(N=Cc2c(O)ccc3ccccc23)c1. The zero-order chi connectivity index (χ0) is 15.5. The molecule has 22 heavy (non-hydrogen) atoms. The highest BCUT2D eigenvalue weighted by molar-refractivity contribution is 6.03. The minimum atomic E-state index is 0.00468. The molecule has 0 fully saturated rings. The average molecular weight is 289 g/mol. The molecule has 3 heteroatoms. The molecule has 0 aliphatic rings. The molecule has 3 nitrogen and oxygen atoms in total. The fraction of sp³-hybridized carbons (Fsp3) is 0.0526. The first kappa shape index (κ1) is 14.0. The van der Waals surface area contributed by atoms with Crippen molar-refractivity contribution in [3.8, 4) is 5.75 Å². The summed E-state index contributed by atoms with van der Waals surface area (Å²) in [4.78, 5) is 15.8. The Morgan fingerprint density at radius 3 is 2.68 bits per heavy atom. The van der Waals surface area contributed by atoms with Crippen molar-refractivity contribution in [2.45, 2.75) is 6.92 Å². The van der Waals surface area contributed by atoms with E-state index in [4.69, 9.17) is 0 Å². The quantitative estimate of drug-likeness (QED) is 0.570. The van der Waals surface area contributed by atoms with E-state index >= 15 is 0 Å². The lowest BCUT2D eigenvalue weighted by Crippen LogP contribution is -1.90. The van der Waals surface area contributed by atoms with Gasteiger partial charge in [0.25, 0.3) is 0 Å². The number of aliphatic imine (C=N–C) groups is 1. The minimum absolute atomic E-state index is 0.00468. The van der Waals surface area contributed by atoms with E-state index < -0.39 is 0 Å². The molecular formula is C19H15NO2. The Bertz CT molecular complexity index is 881. The largest absolute Gasteiger partial charge is 0.507 e. The van der Waals surface area contributed by atoms with Crippen LogP contribution in [0.25, 0.3) is 10.8 Å². The third-order valence-corrected chi connectivity index (χ3v) is 3.54. The van der Waals surface area contributed by atoms with Gasteiger partial charge in [0.05, 0.1) is 5.69 Å². The second-order valence-corrected chi connectivity index (χ2v) is 5.08. The molecule has 1 N–H and O–H groups in total. The van der Waals surface area contributed by atoms with Gasteiger partial charge in [-0.15, -0.1) is 0 Å². The number of rotatable bonds is 3. The van der Waals surface area contributed by atoms with Gasteiger partial charge in [-0.25, -0.2) is 0 Å². The molecule has 0 atom stereocenters. The van der Waals surface area contributed by atoms with Gasteiger partial charge in [0.15, 0.2) is 5.78 Å². The third kappa shape index (κ3) is 2.74. The maximum Gasteiger partial charge on any atom is 0.159 e. The summed E-state index contributed by atoms with van der Waals surface area (Å²) in [6.45, 7) is 1.53. The van der Waals surface area contributed by atoms with Gasteiger partial charge >= 0.3 is 0 Å². The molecule has 0 aliphatic carbocycles. The van der Waals surface area contributed by atoms with E-state index in [1.165, 1.54) is 6.92 Å². The summed E-state index contributed by atoms with van der Waals surface area (Å²) >= 11 is 0. The van der Waals surface area contributed by atoms with Crippen LogP contribution in [0.2, 0.25) is 0 Å². The summed E-state index contributed by atoms with van der Waals surface area (Å²) in [5, 5.41) is 12.1. The normalized spacial score (nSPS) is 11.1. The molecule has 0 aromatic heterocycles. The Morgan fingerprint density at radius 1 is 1.05 bits per heavy atom. The Kier molecular flexibility index (Phi) is 3.71. The van der Waals surface area contributed by atoms with Crippen LogP contribution in [0.5, 0.6) is 5.75 Å². The minimum Gasteiger partial charge on any atom is -0.507 e. The zero-order valence-corrected chi connectivity index (χ0v) is 12.2. The van der Waals surface area contributed by atoms with E-state index in [2.05, 4.69) is 4.99 Å². The number of carbonyl (C=O) groups is 1. The van der Waals surface area contributed by atoms with Crippen molar-refractivity contribution in [2.75, 3.05) is 0 Å². The van der Waals surface area contributed by atoms with Gasteiger partial charge in [-0.05, 0) is 35.9 Å². The summed E-state index contributed by atoms with van der Waals surface area (Å²) < 4.78 is 0. The number of nitrogens with zero attached hydrogens (tertiary/aromatic N) is 1. The van der Waals surface area contributed by atoms with Crippen molar-refractivity contribution in [1.29, 1.82) is 0 Å². The number of phenolic OH excluding ortho intramolecular Hbond substituents is 1. The van der Waals surface area contributed by atoms with E-state index in [0.717, 1.165) is 10.8 Å². The highest BCUT2D eigenvalue weighted by atomic mass is 16.3. The number of phenols is 1. The summed E-state index contributed by atoms with van der Waals surface area (Å²) in [6, 6.07) is 18.5. The zero-order valence-electron chi connectivity index (χ0n) is 12.2. The lowest BCUT2D eigenvalue weighted by Gasteiger charge is -2.04. The van der Waals surface area contributed by atoms with E-state index in [1.807, 2.05) is 36.4 Å². The van der Waals surface area contributed by atoms with Crippen molar-refractivity contribution < 1.29 is 9.90 Å². The molecule has 0 heterocycles. The van der Waals surface area contributed by atoms with E-state index in [0.29, 0.717) is 16.8 Å². The van der Waals surface area contributed by atoms with Crippen molar-refractivity contribution in [3.63, 3.8) is 0 Å². The van der Waals surface area contributed by atoms with Crippen molar-refractivity contribution >= 4 is 28.5 Å². The first-order valence-corrected chi connectivity index (χ1v) is 7.01. The van der Waals surface area contributed by atoms with E-state index in [-0.39, 0.29) is 11.5 Å². The van der Waals surface area contributed by atoms with E-state index in [1.54, 1.807) is 30.5 Å². The van der Waals surface area contributed by atoms with Crippen LogP contribution >= 0.6 is 0 Å². The van der Waals surface area contributed by atoms with Crippen molar-refractivity contribution in [3.05, 3.63) is 71.8 Å². The second kappa shape index (κ2) is 5.82. The van der Waals surface area contributed by atoms with Gasteiger partial charge < -0.3 is 5.11 Å². The topological polar surface area (TPSA) is 49.7 Å². The fourth-order valence-electron chi connectivity index (χ4n) is 2.36. The average Bonchev–Trinajstić information content (AvgIpc) is 2.54. The lowest BCUT2D eigenvalue weighted by molar-refractivity contribution is 0.101. The molecule has 0 saturated carbocycles. The Hall–Kier alpha value is -2.94. The number of ketones is 1.